The highest BCUT2D eigenvalue weighted by atomic mass is 32.2. The normalized spacial score (nSPS) is 14.8. The second-order valence-electron chi connectivity index (χ2n) is 5.67. The number of aromatic nitrogens is 3. The van der Waals surface area contributed by atoms with E-state index in [2.05, 4.69) is 33.5 Å². The fraction of sp³-hybridized carbons (Fsp3) is 0.769. The van der Waals surface area contributed by atoms with Crippen molar-refractivity contribution in [1.82, 2.24) is 14.8 Å². The van der Waals surface area contributed by atoms with Crippen LogP contribution in [0, 0.1) is 5.92 Å². The molecule has 20 heavy (non-hydrogen) atoms. The zero-order valence-corrected chi connectivity index (χ0v) is 13.1. The molecule has 2 rings (SSSR count). The van der Waals surface area contributed by atoms with Crippen LogP contribution in [0.2, 0.25) is 0 Å². The number of carboxylic acids is 1. The fourth-order valence-electron chi connectivity index (χ4n) is 1.96. The van der Waals surface area contributed by atoms with Crippen molar-refractivity contribution in [3.63, 3.8) is 0 Å². The number of carbonyl (C=O) groups is 1. The van der Waals surface area contributed by atoms with Gasteiger partial charge in [0.15, 0.2) is 5.16 Å². The molecule has 0 spiro atoms. The molecule has 0 amide bonds. The minimum atomic E-state index is -0.824. The summed E-state index contributed by atoms with van der Waals surface area (Å²) in [5, 5.41) is 17.9. The molecule has 0 bridgehead atoms. The zero-order chi connectivity index (χ0) is 14.7. The zero-order valence-electron chi connectivity index (χ0n) is 12.2. The third kappa shape index (κ3) is 3.88. The van der Waals surface area contributed by atoms with E-state index in [1.807, 2.05) is 7.05 Å². The maximum Gasteiger partial charge on any atom is 0.313 e. The molecule has 1 aromatic rings. The second-order valence-corrected chi connectivity index (χ2v) is 6.61. The van der Waals surface area contributed by atoms with Crippen molar-refractivity contribution < 1.29 is 9.90 Å². The number of nitrogens with zero attached hydrogens (tertiary/aromatic N) is 4. The molecule has 1 heterocycles. The summed E-state index contributed by atoms with van der Waals surface area (Å²) >= 11 is 1.25. The van der Waals surface area contributed by atoms with Gasteiger partial charge >= 0.3 is 5.97 Å². The van der Waals surface area contributed by atoms with E-state index >= 15 is 0 Å². The molecule has 0 aliphatic heterocycles. The molecule has 1 aliphatic rings. The number of thioether (sulfide) groups is 1. The molecule has 112 valence electrons. The van der Waals surface area contributed by atoms with Gasteiger partial charge in [0, 0.05) is 19.6 Å². The Hall–Kier alpha value is -1.24. The molecule has 1 N–H and O–H groups in total. The van der Waals surface area contributed by atoms with Crippen molar-refractivity contribution in [2.24, 2.45) is 5.92 Å². The first-order chi connectivity index (χ1) is 9.49. The minimum Gasteiger partial charge on any atom is -0.481 e. The third-order valence-corrected chi connectivity index (χ3v) is 4.19. The van der Waals surface area contributed by atoms with Gasteiger partial charge in [0.25, 0.3) is 0 Å². The van der Waals surface area contributed by atoms with E-state index in [1.165, 1.54) is 11.8 Å². The Bertz CT molecular complexity index is 471. The van der Waals surface area contributed by atoms with Crippen LogP contribution in [-0.2, 0) is 4.79 Å². The average molecular weight is 298 g/mol. The third-order valence-electron chi connectivity index (χ3n) is 3.27. The minimum absolute atomic E-state index is 0.0283. The molecular weight excluding hydrogens is 276 g/mol. The van der Waals surface area contributed by atoms with Gasteiger partial charge in [-0.3, -0.25) is 9.36 Å². The summed E-state index contributed by atoms with van der Waals surface area (Å²) in [5.74, 6) is 0.715. The summed E-state index contributed by atoms with van der Waals surface area (Å²) in [4.78, 5) is 12.8. The molecular formula is C13H22N4O2S. The van der Waals surface area contributed by atoms with E-state index in [0.717, 1.165) is 36.9 Å². The molecule has 0 saturated heterocycles. The second kappa shape index (κ2) is 6.47. The summed E-state index contributed by atoms with van der Waals surface area (Å²) in [6.45, 7) is 5.34. The summed E-state index contributed by atoms with van der Waals surface area (Å²) in [7, 11) is 2.02. The standard InChI is InChI=1S/C13H22N4O2S/c1-9(2)6-7-16(3)12-14-15-13(20-8-11(18)19)17(12)10-4-5-10/h9-10H,4-8H2,1-3H3,(H,18,19). The van der Waals surface area contributed by atoms with Crippen LogP contribution in [0.3, 0.4) is 0 Å². The highest BCUT2D eigenvalue weighted by Crippen LogP contribution is 2.40. The number of hydrogen-bond donors (Lipinski definition) is 1. The van der Waals surface area contributed by atoms with Gasteiger partial charge in [-0.2, -0.15) is 0 Å². The average Bonchev–Trinajstić information content (AvgIpc) is 3.13. The van der Waals surface area contributed by atoms with E-state index in [0.29, 0.717) is 12.0 Å². The summed E-state index contributed by atoms with van der Waals surface area (Å²) < 4.78 is 2.11. The lowest BCUT2D eigenvalue weighted by Crippen LogP contribution is -2.23. The van der Waals surface area contributed by atoms with Crippen molar-refractivity contribution in [2.75, 3.05) is 24.2 Å². The van der Waals surface area contributed by atoms with Gasteiger partial charge in [0.2, 0.25) is 5.95 Å². The summed E-state index contributed by atoms with van der Waals surface area (Å²) in [6, 6.07) is 0.442. The van der Waals surface area contributed by atoms with Crippen molar-refractivity contribution in [3.8, 4) is 0 Å². The summed E-state index contributed by atoms with van der Waals surface area (Å²) in [5.41, 5.74) is 0. The largest absolute Gasteiger partial charge is 0.481 e. The smallest absolute Gasteiger partial charge is 0.313 e. The van der Waals surface area contributed by atoms with Gasteiger partial charge in [-0.1, -0.05) is 25.6 Å². The molecule has 0 unspecified atom stereocenters. The van der Waals surface area contributed by atoms with Crippen molar-refractivity contribution in [2.45, 2.75) is 44.3 Å². The summed E-state index contributed by atoms with van der Waals surface area (Å²) in [6.07, 6.45) is 3.36. The monoisotopic (exact) mass is 298 g/mol. The molecule has 0 atom stereocenters. The lowest BCUT2D eigenvalue weighted by molar-refractivity contribution is -0.133. The van der Waals surface area contributed by atoms with E-state index in [1.54, 1.807) is 0 Å². The van der Waals surface area contributed by atoms with Gasteiger partial charge < -0.3 is 10.0 Å². The SMILES string of the molecule is CC(C)CCN(C)c1nnc(SCC(=O)O)n1C1CC1. The van der Waals surface area contributed by atoms with Crippen molar-refractivity contribution >= 4 is 23.7 Å². The predicted octanol–water partition coefficient (Wildman–Crippen LogP) is 2.27. The van der Waals surface area contributed by atoms with Gasteiger partial charge in [0.1, 0.15) is 0 Å². The highest BCUT2D eigenvalue weighted by Gasteiger charge is 2.31. The van der Waals surface area contributed by atoms with Gasteiger partial charge in [0.05, 0.1) is 5.75 Å². The quantitative estimate of drug-likeness (QED) is 0.742. The number of aliphatic carboxylic acids is 1. The molecule has 0 aromatic carbocycles. The first-order valence-corrected chi connectivity index (χ1v) is 7.98. The number of hydrogen-bond acceptors (Lipinski definition) is 5. The Kier molecular flexibility index (Phi) is 4.91. The number of anilines is 1. The fourth-order valence-corrected chi connectivity index (χ4v) is 2.68. The molecule has 1 fully saturated rings. The van der Waals surface area contributed by atoms with Crippen LogP contribution in [0.5, 0.6) is 0 Å². The molecule has 6 nitrogen and oxygen atoms in total. The Morgan fingerprint density at radius 3 is 2.75 bits per heavy atom. The first-order valence-electron chi connectivity index (χ1n) is 6.99. The van der Waals surface area contributed by atoms with Gasteiger partial charge in [-0.05, 0) is 25.2 Å². The Morgan fingerprint density at radius 1 is 1.50 bits per heavy atom. The van der Waals surface area contributed by atoms with E-state index < -0.39 is 5.97 Å². The molecule has 1 aliphatic carbocycles. The van der Waals surface area contributed by atoms with Crippen LogP contribution < -0.4 is 4.90 Å². The van der Waals surface area contributed by atoms with Crippen LogP contribution in [0.25, 0.3) is 0 Å². The highest BCUT2D eigenvalue weighted by molar-refractivity contribution is 7.99. The van der Waals surface area contributed by atoms with Crippen LogP contribution in [-0.4, -0.2) is 45.2 Å². The maximum absolute atomic E-state index is 10.7. The van der Waals surface area contributed by atoms with Crippen LogP contribution in [0.4, 0.5) is 5.95 Å². The Labute approximate surface area is 123 Å². The van der Waals surface area contributed by atoms with E-state index in [4.69, 9.17) is 5.11 Å². The van der Waals surface area contributed by atoms with Crippen LogP contribution >= 0.6 is 11.8 Å². The molecule has 1 aromatic heterocycles. The Morgan fingerprint density at radius 2 is 2.20 bits per heavy atom. The number of rotatable bonds is 8. The molecule has 0 radical (unpaired) electrons. The topological polar surface area (TPSA) is 71.2 Å². The lowest BCUT2D eigenvalue weighted by Gasteiger charge is -2.20. The Balaban J connectivity index is 2.10. The van der Waals surface area contributed by atoms with Crippen LogP contribution in [0.15, 0.2) is 5.16 Å². The van der Waals surface area contributed by atoms with Gasteiger partial charge in [-0.15, -0.1) is 10.2 Å². The van der Waals surface area contributed by atoms with E-state index in [-0.39, 0.29) is 5.75 Å². The maximum atomic E-state index is 10.7. The van der Waals surface area contributed by atoms with E-state index in [9.17, 15) is 4.79 Å². The lowest BCUT2D eigenvalue weighted by atomic mass is 10.1. The van der Waals surface area contributed by atoms with Crippen molar-refractivity contribution in [3.05, 3.63) is 0 Å². The van der Waals surface area contributed by atoms with Crippen molar-refractivity contribution in [1.29, 1.82) is 0 Å². The molecule has 7 heteroatoms. The first kappa shape index (κ1) is 15.2. The molecule has 1 saturated carbocycles. The van der Waals surface area contributed by atoms with Gasteiger partial charge in [-0.25, -0.2) is 0 Å². The van der Waals surface area contributed by atoms with Crippen LogP contribution in [0.1, 0.15) is 39.2 Å². The number of carboxylic acid groups (broad SMARTS) is 1. The predicted molar refractivity (Wildman–Crippen MR) is 79.4 cm³/mol.